The Bertz CT molecular complexity index is 1290. The van der Waals surface area contributed by atoms with E-state index in [1.54, 1.807) is 19.1 Å². The fourth-order valence-electron chi connectivity index (χ4n) is 2.57. The van der Waals surface area contributed by atoms with Crippen molar-refractivity contribution >= 4 is 49.8 Å². The van der Waals surface area contributed by atoms with Crippen LogP contribution in [0.2, 0.25) is 5.02 Å². The Hall–Kier alpha value is -3.12. The van der Waals surface area contributed by atoms with E-state index in [-0.39, 0.29) is 21.2 Å². The van der Waals surface area contributed by atoms with Crippen LogP contribution in [0.1, 0.15) is 11.1 Å². The van der Waals surface area contributed by atoms with E-state index in [1.807, 2.05) is 0 Å². The summed E-state index contributed by atoms with van der Waals surface area (Å²) in [6, 6.07) is 14.6. The van der Waals surface area contributed by atoms with Gasteiger partial charge in [-0.1, -0.05) is 23.4 Å². The third kappa shape index (κ3) is 5.77. The molecular weight excluding hydrogens is 476 g/mol. The van der Waals surface area contributed by atoms with E-state index in [1.165, 1.54) is 48.5 Å². The first-order valence-corrected chi connectivity index (χ1v) is 11.7. The number of nitro benzene ring substituents is 1. The van der Waals surface area contributed by atoms with Crippen molar-refractivity contribution < 1.29 is 18.4 Å². The Balaban J connectivity index is 2.03. The number of rotatable bonds is 6. The van der Waals surface area contributed by atoms with Gasteiger partial charge in [0, 0.05) is 27.6 Å². The molecule has 0 amide bonds. The summed E-state index contributed by atoms with van der Waals surface area (Å²) in [6.45, 7) is 1.66. The van der Waals surface area contributed by atoms with Gasteiger partial charge in [-0.2, -0.15) is 5.10 Å². The first-order chi connectivity index (χ1) is 15.0. The number of hydrogen-bond acceptors (Lipinski definition) is 8. The van der Waals surface area contributed by atoms with Crippen LogP contribution in [0.25, 0.3) is 0 Å². The van der Waals surface area contributed by atoms with E-state index >= 15 is 0 Å². The van der Waals surface area contributed by atoms with Crippen LogP contribution < -0.4 is 10.6 Å². The summed E-state index contributed by atoms with van der Waals surface area (Å²) in [4.78, 5) is 10.5. The number of hydrazone groups is 1. The normalized spacial score (nSPS) is 11.9. The highest BCUT2D eigenvalue weighted by Gasteiger charge is 2.19. The highest BCUT2D eigenvalue weighted by molar-refractivity contribution is 8.14. The molecule has 3 aromatic rings. The van der Waals surface area contributed by atoms with Crippen molar-refractivity contribution in [3.8, 4) is 5.75 Å². The largest absolute Gasteiger partial charge is 0.508 e. The van der Waals surface area contributed by atoms with Crippen LogP contribution in [0.4, 0.5) is 11.4 Å². The number of nitro groups is 1. The van der Waals surface area contributed by atoms with E-state index in [0.717, 1.165) is 11.8 Å². The Morgan fingerprint density at radius 1 is 1.16 bits per heavy atom. The SMILES string of the molecule is Cc1cc(S(N)(=O)=O)c(S/C(=N/Nc2ccc([N+](=O)[O-])cc2)c2ccc(O)cc2)cc1Cl. The first-order valence-electron chi connectivity index (χ1n) is 8.93. The number of thioether (sulfide) groups is 1. The number of sulfonamides is 1. The topological polar surface area (TPSA) is 148 Å². The Morgan fingerprint density at radius 3 is 2.34 bits per heavy atom. The fourth-order valence-corrected chi connectivity index (χ4v) is 4.84. The minimum absolute atomic E-state index is 0.0463. The van der Waals surface area contributed by atoms with E-state index in [4.69, 9.17) is 16.7 Å². The molecule has 0 saturated heterocycles. The third-order valence-corrected chi connectivity index (χ3v) is 6.78. The number of nitrogens with two attached hydrogens (primary N) is 1. The molecule has 9 nitrogen and oxygen atoms in total. The summed E-state index contributed by atoms with van der Waals surface area (Å²) in [5, 5.41) is 30.8. The average molecular weight is 493 g/mol. The molecule has 0 heterocycles. The molecule has 32 heavy (non-hydrogen) atoms. The molecule has 3 rings (SSSR count). The van der Waals surface area contributed by atoms with Crippen molar-refractivity contribution in [3.63, 3.8) is 0 Å². The molecule has 4 N–H and O–H groups in total. The van der Waals surface area contributed by atoms with Crippen molar-refractivity contribution in [2.75, 3.05) is 5.43 Å². The quantitative estimate of drug-likeness (QED) is 0.151. The van der Waals surface area contributed by atoms with Gasteiger partial charge in [0.2, 0.25) is 10.0 Å². The summed E-state index contributed by atoms with van der Waals surface area (Å²) in [5.41, 5.74) is 4.32. The maximum Gasteiger partial charge on any atom is 0.269 e. The molecule has 0 aliphatic rings. The number of phenolic OH excluding ortho intramolecular Hbond substituents is 1. The lowest BCUT2D eigenvalue weighted by Gasteiger charge is -2.12. The summed E-state index contributed by atoms with van der Waals surface area (Å²) in [5.74, 6) is 0.0463. The van der Waals surface area contributed by atoms with Crippen LogP contribution in [0, 0.1) is 17.0 Å². The third-order valence-electron chi connectivity index (χ3n) is 4.22. The summed E-state index contributed by atoms with van der Waals surface area (Å²) in [6.07, 6.45) is 0. The number of phenols is 1. The van der Waals surface area contributed by atoms with Gasteiger partial charge in [-0.25, -0.2) is 13.6 Å². The van der Waals surface area contributed by atoms with Crippen LogP contribution in [0.5, 0.6) is 5.75 Å². The predicted molar refractivity (Wildman–Crippen MR) is 125 cm³/mol. The zero-order chi connectivity index (χ0) is 23.5. The van der Waals surface area contributed by atoms with Crippen molar-refractivity contribution in [3.05, 3.63) is 86.9 Å². The molecule has 0 aliphatic heterocycles. The van der Waals surface area contributed by atoms with Gasteiger partial charge in [0.15, 0.2) is 0 Å². The van der Waals surface area contributed by atoms with Gasteiger partial charge in [0.05, 0.1) is 15.5 Å². The number of benzene rings is 3. The molecule has 166 valence electrons. The zero-order valence-corrected chi connectivity index (χ0v) is 18.9. The number of aryl methyl sites for hydroxylation is 1. The van der Waals surface area contributed by atoms with E-state index in [9.17, 15) is 23.6 Å². The number of nitrogens with zero attached hydrogens (tertiary/aromatic N) is 2. The van der Waals surface area contributed by atoms with Gasteiger partial charge in [0.25, 0.3) is 5.69 Å². The molecule has 0 saturated carbocycles. The van der Waals surface area contributed by atoms with E-state index < -0.39 is 14.9 Å². The Kier molecular flexibility index (Phi) is 7.04. The number of nitrogens with one attached hydrogen (secondary N) is 1. The van der Waals surface area contributed by atoms with Crippen LogP contribution in [0.15, 0.2) is 75.6 Å². The number of aromatic hydroxyl groups is 1. The van der Waals surface area contributed by atoms with Gasteiger partial charge in [-0.05, 0) is 61.0 Å². The molecule has 3 aromatic carbocycles. The van der Waals surface area contributed by atoms with Gasteiger partial charge in [-0.3, -0.25) is 15.5 Å². The highest BCUT2D eigenvalue weighted by Crippen LogP contribution is 2.34. The van der Waals surface area contributed by atoms with Gasteiger partial charge < -0.3 is 5.11 Å². The van der Waals surface area contributed by atoms with Crippen molar-refractivity contribution in [2.24, 2.45) is 10.2 Å². The molecule has 0 fully saturated rings. The van der Waals surface area contributed by atoms with Gasteiger partial charge >= 0.3 is 0 Å². The second kappa shape index (κ2) is 9.57. The minimum atomic E-state index is -4.05. The van der Waals surface area contributed by atoms with Crippen molar-refractivity contribution in [2.45, 2.75) is 16.7 Å². The Morgan fingerprint density at radius 2 is 1.78 bits per heavy atom. The fraction of sp³-hybridized carbons (Fsp3) is 0.0500. The number of anilines is 1. The standard InChI is InChI=1S/C20H17ClN4O5S2/c1-12-10-19(32(22,29)30)18(11-17(12)21)31-20(13-2-8-16(26)9-3-13)24-23-14-4-6-15(7-5-14)25(27)28/h2-11,23,26H,1H3,(H2,22,29,30)/b24-20+. The van der Waals surface area contributed by atoms with Crippen LogP contribution in [-0.2, 0) is 10.0 Å². The monoisotopic (exact) mass is 492 g/mol. The van der Waals surface area contributed by atoms with Crippen LogP contribution >= 0.6 is 23.4 Å². The Labute approximate surface area is 193 Å². The van der Waals surface area contributed by atoms with Gasteiger partial charge in [-0.15, -0.1) is 0 Å². The molecule has 0 atom stereocenters. The second-order valence-corrected chi connectivity index (χ2v) is 9.54. The molecule has 0 radical (unpaired) electrons. The first kappa shape index (κ1) is 23.5. The average Bonchev–Trinajstić information content (AvgIpc) is 2.73. The molecule has 0 aliphatic carbocycles. The lowest BCUT2D eigenvalue weighted by Crippen LogP contribution is -2.14. The molecule has 0 unspecified atom stereocenters. The number of halogens is 1. The van der Waals surface area contributed by atoms with E-state index in [0.29, 0.717) is 26.9 Å². The molecule has 0 spiro atoms. The summed E-state index contributed by atoms with van der Waals surface area (Å²) < 4.78 is 24.2. The van der Waals surface area contributed by atoms with Crippen molar-refractivity contribution in [1.82, 2.24) is 0 Å². The second-order valence-electron chi connectivity index (χ2n) is 6.57. The zero-order valence-electron chi connectivity index (χ0n) is 16.5. The van der Waals surface area contributed by atoms with Gasteiger partial charge in [0.1, 0.15) is 10.8 Å². The number of primary sulfonamides is 1. The maximum atomic E-state index is 12.1. The molecule has 0 aromatic heterocycles. The lowest BCUT2D eigenvalue weighted by molar-refractivity contribution is -0.384. The number of hydrogen-bond donors (Lipinski definition) is 3. The number of non-ortho nitro benzene ring substituents is 1. The smallest absolute Gasteiger partial charge is 0.269 e. The van der Waals surface area contributed by atoms with E-state index in [2.05, 4.69) is 10.5 Å². The van der Waals surface area contributed by atoms with Crippen molar-refractivity contribution in [1.29, 1.82) is 0 Å². The predicted octanol–water partition coefficient (Wildman–Crippen LogP) is 4.48. The molecule has 0 bridgehead atoms. The highest BCUT2D eigenvalue weighted by atomic mass is 35.5. The maximum absolute atomic E-state index is 12.1. The minimum Gasteiger partial charge on any atom is -0.508 e. The molecule has 12 heteroatoms. The van der Waals surface area contributed by atoms with Crippen LogP contribution in [0.3, 0.4) is 0 Å². The van der Waals surface area contributed by atoms with Crippen LogP contribution in [-0.4, -0.2) is 23.5 Å². The summed E-state index contributed by atoms with van der Waals surface area (Å²) in [7, 11) is -4.05. The lowest BCUT2D eigenvalue weighted by atomic mass is 10.2. The summed E-state index contributed by atoms with van der Waals surface area (Å²) >= 11 is 7.21. The molecular formula is C20H17ClN4O5S2.